The molecule has 0 amide bonds. The van der Waals surface area contributed by atoms with E-state index in [4.69, 9.17) is 11.6 Å². The maximum atomic E-state index is 5.66. The van der Waals surface area contributed by atoms with Gasteiger partial charge in [0.1, 0.15) is 10.0 Å². The summed E-state index contributed by atoms with van der Waals surface area (Å²) < 4.78 is 0. The van der Waals surface area contributed by atoms with Gasteiger partial charge in [-0.25, -0.2) is 0 Å². The van der Waals surface area contributed by atoms with E-state index >= 15 is 0 Å². The van der Waals surface area contributed by atoms with E-state index < -0.39 is 0 Å². The second kappa shape index (κ2) is 5.56. The van der Waals surface area contributed by atoms with Crippen LogP contribution in [-0.2, 0) is 6.42 Å². The number of alkyl halides is 1. The van der Waals surface area contributed by atoms with Crippen LogP contribution < -0.4 is 0 Å². The Morgan fingerprint density at radius 3 is 2.76 bits per heavy atom. The lowest BCUT2D eigenvalue weighted by molar-refractivity contribution is 0.884. The second-order valence-corrected chi connectivity index (χ2v) is 5.32. The van der Waals surface area contributed by atoms with E-state index in [-0.39, 0.29) is 0 Å². The van der Waals surface area contributed by atoms with E-state index in [0.29, 0.717) is 5.88 Å². The fourth-order valence-corrected chi connectivity index (χ4v) is 2.69. The Morgan fingerprint density at radius 1 is 1.24 bits per heavy atom. The van der Waals surface area contributed by atoms with Gasteiger partial charge >= 0.3 is 0 Å². The fraction of sp³-hybridized carbons (Fsp3) is 0.417. The monoisotopic (exact) mass is 267 g/mol. The van der Waals surface area contributed by atoms with Crippen molar-refractivity contribution in [1.29, 1.82) is 0 Å². The van der Waals surface area contributed by atoms with E-state index in [2.05, 4.69) is 21.2 Å². The molecule has 90 valence electrons. The van der Waals surface area contributed by atoms with Gasteiger partial charge in [-0.3, -0.25) is 4.98 Å². The van der Waals surface area contributed by atoms with Crippen LogP contribution in [0.3, 0.4) is 0 Å². The third-order valence-electron chi connectivity index (χ3n) is 2.45. The minimum atomic E-state index is 0.667. The van der Waals surface area contributed by atoms with Gasteiger partial charge in [-0.05, 0) is 32.4 Å². The quantitative estimate of drug-likeness (QED) is 0.797. The number of halogens is 1. The molecular weight excluding hydrogens is 254 g/mol. The molecule has 0 spiro atoms. The van der Waals surface area contributed by atoms with Crippen LogP contribution in [0.4, 0.5) is 0 Å². The van der Waals surface area contributed by atoms with Crippen molar-refractivity contribution in [3.8, 4) is 10.6 Å². The van der Waals surface area contributed by atoms with Crippen LogP contribution in [-0.4, -0.2) is 21.1 Å². The van der Waals surface area contributed by atoms with Crippen LogP contribution in [0.15, 0.2) is 12.1 Å². The molecule has 0 radical (unpaired) electrons. The highest BCUT2D eigenvalue weighted by molar-refractivity contribution is 7.14. The summed E-state index contributed by atoms with van der Waals surface area (Å²) in [6.45, 7) is 3.99. The topological polar surface area (TPSA) is 38.7 Å². The average molecular weight is 268 g/mol. The Hall–Kier alpha value is -1.00. The molecule has 0 aliphatic heterocycles. The summed E-state index contributed by atoms with van der Waals surface area (Å²) in [4.78, 5) is 4.44. The molecule has 0 aliphatic rings. The Balaban J connectivity index is 2.24. The number of hydrogen-bond donors (Lipinski definition) is 0. The van der Waals surface area contributed by atoms with Crippen LogP contribution in [0.1, 0.15) is 22.8 Å². The van der Waals surface area contributed by atoms with Crippen LogP contribution in [0.25, 0.3) is 10.6 Å². The zero-order valence-electron chi connectivity index (χ0n) is 9.90. The normalized spacial score (nSPS) is 10.8. The molecule has 17 heavy (non-hydrogen) atoms. The molecule has 2 aromatic heterocycles. The summed E-state index contributed by atoms with van der Waals surface area (Å²) >= 11 is 7.29. The SMILES string of the molecule is Cc1ccc(-c2nnc(CCCCl)s2)c(C)n1. The highest BCUT2D eigenvalue weighted by Gasteiger charge is 2.09. The van der Waals surface area contributed by atoms with Gasteiger partial charge in [0, 0.05) is 29.3 Å². The van der Waals surface area contributed by atoms with Crippen LogP contribution in [0.2, 0.25) is 0 Å². The third-order valence-corrected chi connectivity index (χ3v) is 3.73. The van der Waals surface area contributed by atoms with Crippen LogP contribution in [0, 0.1) is 13.8 Å². The van der Waals surface area contributed by atoms with Crippen LogP contribution in [0.5, 0.6) is 0 Å². The average Bonchev–Trinajstić information content (AvgIpc) is 2.75. The summed E-state index contributed by atoms with van der Waals surface area (Å²) in [5.41, 5.74) is 3.10. The summed E-state index contributed by atoms with van der Waals surface area (Å²) in [5.74, 6) is 0.667. The van der Waals surface area contributed by atoms with Crippen molar-refractivity contribution in [2.75, 3.05) is 5.88 Å². The fourth-order valence-electron chi connectivity index (χ4n) is 1.59. The Labute approximate surface area is 110 Å². The smallest absolute Gasteiger partial charge is 0.149 e. The van der Waals surface area contributed by atoms with Crippen molar-refractivity contribution in [1.82, 2.24) is 15.2 Å². The zero-order chi connectivity index (χ0) is 12.3. The molecule has 0 unspecified atom stereocenters. The lowest BCUT2D eigenvalue weighted by Crippen LogP contribution is -1.89. The highest BCUT2D eigenvalue weighted by Crippen LogP contribution is 2.26. The molecule has 0 aliphatic carbocycles. The summed E-state index contributed by atoms with van der Waals surface area (Å²) in [6.07, 6.45) is 1.85. The summed E-state index contributed by atoms with van der Waals surface area (Å²) in [7, 11) is 0. The number of nitrogens with zero attached hydrogens (tertiary/aromatic N) is 3. The van der Waals surface area contributed by atoms with Crippen molar-refractivity contribution in [2.45, 2.75) is 26.7 Å². The molecule has 0 saturated carbocycles. The van der Waals surface area contributed by atoms with Gasteiger partial charge < -0.3 is 0 Å². The molecule has 3 nitrogen and oxygen atoms in total. The molecule has 5 heteroatoms. The Bertz CT molecular complexity index is 510. The predicted octanol–water partition coefficient (Wildman–Crippen LogP) is 3.39. The highest BCUT2D eigenvalue weighted by atomic mass is 35.5. The first kappa shape index (κ1) is 12.5. The van der Waals surface area contributed by atoms with E-state index in [1.54, 1.807) is 11.3 Å². The van der Waals surface area contributed by atoms with E-state index in [1.165, 1.54) is 0 Å². The molecule has 0 bridgehead atoms. The molecule has 2 rings (SSSR count). The number of rotatable bonds is 4. The maximum Gasteiger partial charge on any atom is 0.149 e. The largest absolute Gasteiger partial charge is 0.258 e. The molecule has 0 fully saturated rings. The van der Waals surface area contributed by atoms with Gasteiger partial charge in [0.25, 0.3) is 0 Å². The molecule has 0 aromatic carbocycles. The number of aryl methyl sites for hydroxylation is 3. The summed E-state index contributed by atoms with van der Waals surface area (Å²) in [5, 5.41) is 10.4. The van der Waals surface area contributed by atoms with Gasteiger partial charge in [0.2, 0.25) is 0 Å². The van der Waals surface area contributed by atoms with Crippen molar-refractivity contribution in [3.05, 3.63) is 28.5 Å². The first-order valence-electron chi connectivity index (χ1n) is 5.53. The minimum Gasteiger partial charge on any atom is -0.258 e. The van der Waals surface area contributed by atoms with Crippen molar-refractivity contribution >= 4 is 22.9 Å². The van der Waals surface area contributed by atoms with Crippen LogP contribution >= 0.6 is 22.9 Å². The Kier molecular flexibility index (Phi) is 4.07. The minimum absolute atomic E-state index is 0.667. The summed E-state index contributed by atoms with van der Waals surface area (Å²) in [6, 6.07) is 4.06. The van der Waals surface area contributed by atoms with Crippen molar-refractivity contribution < 1.29 is 0 Å². The molecule has 2 aromatic rings. The predicted molar refractivity (Wildman–Crippen MR) is 71.7 cm³/mol. The number of hydrogen-bond acceptors (Lipinski definition) is 4. The van der Waals surface area contributed by atoms with Gasteiger partial charge in [-0.2, -0.15) is 0 Å². The van der Waals surface area contributed by atoms with Gasteiger partial charge in [-0.15, -0.1) is 21.8 Å². The number of pyridine rings is 1. The van der Waals surface area contributed by atoms with Gasteiger partial charge in [0.05, 0.1) is 0 Å². The van der Waals surface area contributed by atoms with E-state index in [1.807, 2.05) is 19.9 Å². The Morgan fingerprint density at radius 2 is 2.06 bits per heavy atom. The molecule has 0 N–H and O–H groups in total. The molecule has 0 saturated heterocycles. The van der Waals surface area contributed by atoms with E-state index in [9.17, 15) is 0 Å². The first-order chi connectivity index (χ1) is 8.20. The number of aromatic nitrogens is 3. The first-order valence-corrected chi connectivity index (χ1v) is 6.89. The zero-order valence-corrected chi connectivity index (χ0v) is 11.5. The van der Waals surface area contributed by atoms with Crippen molar-refractivity contribution in [2.24, 2.45) is 0 Å². The maximum absolute atomic E-state index is 5.66. The molecular formula is C12H14ClN3S. The second-order valence-electron chi connectivity index (χ2n) is 3.88. The van der Waals surface area contributed by atoms with Gasteiger partial charge in [0.15, 0.2) is 0 Å². The molecule has 2 heterocycles. The van der Waals surface area contributed by atoms with E-state index in [0.717, 1.165) is 39.8 Å². The third kappa shape index (κ3) is 3.01. The van der Waals surface area contributed by atoms with Crippen molar-refractivity contribution in [3.63, 3.8) is 0 Å². The lowest BCUT2D eigenvalue weighted by atomic mass is 10.2. The van der Waals surface area contributed by atoms with Gasteiger partial charge in [-0.1, -0.05) is 11.3 Å². The standard InChI is InChI=1S/C12H14ClN3S/c1-8-5-6-10(9(2)14-8)12-16-15-11(17-12)4-3-7-13/h5-6H,3-4,7H2,1-2H3. The molecule has 0 atom stereocenters. The lowest BCUT2D eigenvalue weighted by Gasteiger charge is -2.01.